The van der Waals surface area contributed by atoms with E-state index in [1.165, 1.54) is 24.3 Å². The highest BCUT2D eigenvalue weighted by Gasteiger charge is 2.14. The quantitative estimate of drug-likeness (QED) is 0.591. The van der Waals surface area contributed by atoms with Crippen molar-refractivity contribution in [2.45, 2.75) is 0 Å². The fourth-order valence-electron chi connectivity index (χ4n) is 1.60. The lowest BCUT2D eigenvalue weighted by Gasteiger charge is -2.07. The zero-order chi connectivity index (χ0) is 13.1. The van der Waals surface area contributed by atoms with E-state index < -0.39 is 0 Å². The summed E-state index contributed by atoms with van der Waals surface area (Å²) in [7, 11) is 0. The summed E-state index contributed by atoms with van der Waals surface area (Å²) in [4.78, 5) is 12.1. The van der Waals surface area contributed by atoms with Crippen molar-refractivity contribution in [3.05, 3.63) is 77.1 Å². The van der Waals surface area contributed by atoms with Crippen molar-refractivity contribution in [3.8, 4) is 0 Å². The maximum Gasteiger partial charge on any atom is 0.193 e. The third kappa shape index (κ3) is 2.49. The van der Waals surface area contributed by atoms with Gasteiger partial charge in [0.15, 0.2) is 5.78 Å². The standard InChI is InChI=1S/C15H10ClFO/c1-10(13-4-2-3-5-14(13)16)15(18)11-6-8-12(17)9-7-11/h2-9H,1H2. The maximum atomic E-state index is 12.8. The van der Waals surface area contributed by atoms with Crippen molar-refractivity contribution >= 4 is 23.0 Å². The van der Waals surface area contributed by atoms with Crippen LogP contribution in [0.1, 0.15) is 15.9 Å². The maximum absolute atomic E-state index is 12.8. The third-order valence-corrected chi connectivity index (χ3v) is 2.91. The topological polar surface area (TPSA) is 17.1 Å². The Bertz CT molecular complexity index is 602. The normalized spacial score (nSPS) is 10.1. The van der Waals surface area contributed by atoms with Crippen LogP contribution in [0.3, 0.4) is 0 Å². The van der Waals surface area contributed by atoms with Crippen molar-refractivity contribution < 1.29 is 9.18 Å². The molecule has 3 heteroatoms. The summed E-state index contributed by atoms with van der Waals surface area (Å²) >= 11 is 6.00. The summed E-state index contributed by atoms with van der Waals surface area (Å²) in [5, 5.41) is 0.470. The zero-order valence-corrected chi connectivity index (χ0v) is 10.2. The molecule has 0 amide bonds. The second kappa shape index (κ2) is 5.15. The molecule has 0 fully saturated rings. The molecule has 0 radical (unpaired) electrons. The van der Waals surface area contributed by atoms with Crippen molar-refractivity contribution in [2.24, 2.45) is 0 Å². The molecule has 0 saturated carbocycles. The molecule has 0 aliphatic heterocycles. The van der Waals surface area contributed by atoms with Gasteiger partial charge in [0.25, 0.3) is 0 Å². The molecule has 0 atom stereocenters. The van der Waals surface area contributed by atoms with Gasteiger partial charge in [-0.15, -0.1) is 0 Å². The smallest absolute Gasteiger partial charge is 0.193 e. The summed E-state index contributed by atoms with van der Waals surface area (Å²) in [6, 6.07) is 12.3. The molecule has 0 spiro atoms. The second-order valence-corrected chi connectivity index (χ2v) is 4.20. The van der Waals surface area contributed by atoms with Crippen LogP contribution in [0.4, 0.5) is 4.39 Å². The Labute approximate surface area is 110 Å². The summed E-state index contributed by atoms with van der Waals surface area (Å²) in [6.07, 6.45) is 0. The fourth-order valence-corrected chi connectivity index (χ4v) is 1.85. The van der Waals surface area contributed by atoms with E-state index in [9.17, 15) is 9.18 Å². The van der Waals surface area contributed by atoms with E-state index in [0.717, 1.165) is 0 Å². The van der Waals surface area contributed by atoms with E-state index in [1.54, 1.807) is 24.3 Å². The van der Waals surface area contributed by atoms with Crippen LogP contribution in [-0.4, -0.2) is 5.78 Å². The number of rotatable bonds is 3. The molecule has 2 aromatic carbocycles. The van der Waals surface area contributed by atoms with Crippen LogP contribution in [0, 0.1) is 5.82 Å². The minimum atomic E-state index is -0.380. The van der Waals surface area contributed by atoms with E-state index in [0.29, 0.717) is 21.7 Å². The van der Waals surface area contributed by atoms with Crippen LogP contribution in [0.25, 0.3) is 5.57 Å². The van der Waals surface area contributed by atoms with E-state index in [1.807, 2.05) is 0 Å². The van der Waals surface area contributed by atoms with Gasteiger partial charge in [0.2, 0.25) is 0 Å². The fraction of sp³-hybridized carbons (Fsp3) is 0. The molecule has 0 saturated heterocycles. The molecule has 0 bridgehead atoms. The highest BCUT2D eigenvalue weighted by molar-refractivity contribution is 6.36. The second-order valence-electron chi connectivity index (χ2n) is 3.79. The number of carbonyl (C=O) groups excluding carboxylic acids is 1. The molecule has 18 heavy (non-hydrogen) atoms. The van der Waals surface area contributed by atoms with Crippen molar-refractivity contribution in [2.75, 3.05) is 0 Å². The number of ketones is 1. The van der Waals surface area contributed by atoms with Crippen molar-refractivity contribution in [3.63, 3.8) is 0 Å². The first kappa shape index (κ1) is 12.5. The van der Waals surface area contributed by atoms with Gasteiger partial charge < -0.3 is 0 Å². The average Bonchev–Trinajstić information content (AvgIpc) is 2.38. The number of halogens is 2. The number of allylic oxidation sites excluding steroid dienone is 1. The molecule has 0 aliphatic carbocycles. The van der Waals surface area contributed by atoms with Gasteiger partial charge in [-0.3, -0.25) is 4.79 Å². The van der Waals surface area contributed by atoms with E-state index >= 15 is 0 Å². The number of hydrogen-bond acceptors (Lipinski definition) is 1. The highest BCUT2D eigenvalue weighted by atomic mass is 35.5. The number of Topliss-reactive ketones (excluding diaryl/α,β-unsaturated/α-hetero) is 1. The van der Waals surface area contributed by atoms with Gasteiger partial charge in [-0.1, -0.05) is 36.4 Å². The minimum Gasteiger partial charge on any atom is -0.289 e. The van der Waals surface area contributed by atoms with Crippen LogP contribution in [-0.2, 0) is 0 Å². The van der Waals surface area contributed by atoms with Gasteiger partial charge in [-0.05, 0) is 30.3 Å². The Hall–Kier alpha value is -1.93. The Balaban J connectivity index is 2.33. The summed E-state index contributed by atoms with van der Waals surface area (Å²) < 4.78 is 12.8. The zero-order valence-electron chi connectivity index (χ0n) is 9.49. The molecular formula is C15H10ClFO. The summed E-state index contributed by atoms with van der Waals surface area (Å²) in [5.41, 5.74) is 1.28. The van der Waals surface area contributed by atoms with E-state index in [-0.39, 0.29) is 11.6 Å². The Morgan fingerprint density at radius 2 is 1.67 bits per heavy atom. The molecule has 0 aromatic heterocycles. The van der Waals surface area contributed by atoms with E-state index in [4.69, 9.17) is 11.6 Å². The van der Waals surface area contributed by atoms with Crippen LogP contribution >= 0.6 is 11.6 Å². The first-order valence-electron chi connectivity index (χ1n) is 5.33. The van der Waals surface area contributed by atoms with Gasteiger partial charge in [0.05, 0.1) is 0 Å². The van der Waals surface area contributed by atoms with Gasteiger partial charge in [0.1, 0.15) is 5.82 Å². The molecule has 2 aromatic rings. The molecule has 0 aliphatic rings. The van der Waals surface area contributed by atoms with Gasteiger partial charge >= 0.3 is 0 Å². The molecule has 0 unspecified atom stereocenters. The molecular weight excluding hydrogens is 251 g/mol. The molecule has 0 N–H and O–H groups in total. The van der Waals surface area contributed by atoms with Crippen LogP contribution in [0.5, 0.6) is 0 Å². The largest absolute Gasteiger partial charge is 0.289 e. The Kier molecular flexibility index (Phi) is 3.58. The number of carbonyl (C=O) groups is 1. The average molecular weight is 261 g/mol. The predicted octanol–water partition coefficient (Wildman–Crippen LogP) is 4.38. The highest BCUT2D eigenvalue weighted by Crippen LogP contribution is 2.25. The van der Waals surface area contributed by atoms with Crippen LogP contribution in [0.15, 0.2) is 55.1 Å². The van der Waals surface area contributed by atoms with Crippen molar-refractivity contribution in [1.29, 1.82) is 0 Å². The Morgan fingerprint density at radius 1 is 1.06 bits per heavy atom. The Morgan fingerprint density at radius 3 is 2.28 bits per heavy atom. The molecule has 90 valence electrons. The lowest BCUT2D eigenvalue weighted by Crippen LogP contribution is -2.02. The minimum absolute atomic E-state index is 0.261. The number of benzene rings is 2. The van der Waals surface area contributed by atoms with Gasteiger partial charge in [-0.25, -0.2) is 4.39 Å². The SMILES string of the molecule is C=C(C(=O)c1ccc(F)cc1)c1ccccc1Cl. The van der Waals surface area contributed by atoms with E-state index in [2.05, 4.69) is 6.58 Å². The monoisotopic (exact) mass is 260 g/mol. The lowest BCUT2D eigenvalue weighted by molar-refractivity contribution is 0.105. The third-order valence-electron chi connectivity index (χ3n) is 2.58. The molecule has 2 rings (SSSR count). The van der Waals surface area contributed by atoms with Gasteiger partial charge in [-0.2, -0.15) is 0 Å². The van der Waals surface area contributed by atoms with Crippen LogP contribution in [0.2, 0.25) is 5.02 Å². The first-order valence-corrected chi connectivity index (χ1v) is 5.71. The summed E-state index contributed by atoms with van der Waals surface area (Å²) in [5.74, 6) is -0.641. The molecule has 0 heterocycles. The summed E-state index contributed by atoms with van der Waals surface area (Å²) in [6.45, 7) is 3.76. The van der Waals surface area contributed by atoms with Gasteiger partial charge in [0, 0.05) is 21.7 Å². The van der Waals surface area contributed by atoms with Crippen molar-refractivity contribution in [1.82, 2.24) is 0 Å². The lowest BCUT2D eigenvalue weighted by atomic mass is 9.98. The predicted molar refractivity (Wildman–Crippen MR) is 71.2 cm³/mol. The first-order chi connectivity index (χ1) is 8.59. The van der Waals surface area contributed by atoms with Crippen LogP contribution < -0.4 is 0 Å². The number of hydrogen-bond donors (Lipinski definition) is 0. The molecule has 1 nitrogen and oxygen atoms in total.